The quantitative estimate of drug-likeness (QED) is 0.471. The van der Waals surface area contributed by atoms with Gasteiger partial charge in [-0.2, -0.15) is 0 Å². The van der Waals surface area contributed by atoms with Crippen molar-refractivity contribution in [1.82, 2.24) is 9.97 Å². The second-order valence-electron chi connectivity index (χ2n) is 2.08. The van der Waals surface area contributed by atoms with E-state index in [1.54, 1.807) is 6.08 Å². The SMILES string of the molecule is O=c1ncc2c([nH]1)=NOCC=2. The highest BCUT2D eigenvalue weighted by molar-refractivity contribution is 5.20. The lowest BCUT2D eigenvalue weighted by atomic mass is 10.4. The Labute approximate surface area is 61.0 Å². The van der Waals surface area contributed by atoms with Crippen LogP contribution in [0.15, 0.2) is 16.1 Å². The monoisotopic (exact) mass is 151 g/mol. The normalized spacial score (nSPS) is 13.8. The van der Waals surface area contributed by atoms with Gasteiger partial charge in [-0.1, -0.05) is 5.16 Å². The molecule has 2 heterocycles. The van der Waals surface area contributed by atoms with Crippen molar-refractivity contribution in [3.63, 3.8) is 0 Å². The van der Waals surface area contributed by atoms with Crippen LogP contribution in [0, 0.1) is 0 Å². The van der Waals surface area contributed by atoms with Gasteiger partial charge in [0.1, 0.15) is 6.61 Å². The number of H-pyrrole nitrogens is 1. The summed E-state index contributed by atoms with van der Waals surface area (Å²) in [6, 6.07) is 0. The predicted octanol–water partition coefficient (Wildman–Crippen LogP) is -1.88. The summed E-state index contributed by atoms with van der Waals surface area (Å²) in [7, 11) is 0. The first kappa shape index (κ1) is 6.09. The molecule has 0 bridgehead atoms. The molecular formula is C6H5N3O2. The number of nitrogens with one attached hydrogen (secondary N) is 1. The summed E-state index contributed by atoms with van der Waals surface area (Å²) in [6.07, 6.45) is 3.27. The van der Waals surface area contributed by atoms with Gasteiger partial charge in [-0.15, -0.1) is 0 Å². The summed E-state index contributed by atoms with van der Waals surface area (Å²) in [5, 5.41) is 4.43. The Balaban J connectivity index is 2.90. The Morgan fingerprint density at radius 2 is 2.55 bits per heavy atom. The highest BCUT2D eigenvalue weighted by Crippen LogP contribution is 1.76. The molecule has 1 aliphatic heterocycles. The number of hydrogen-bond donors (Lipinski definition) is 1. The number of aromatic amines is 1. The second-order valence-corrected chi connectivity index (χ2v) is 2.08. The molecule has 0 atom stereocenters. The Morgan fingerprint density at radius 3 is 3.45 bits per heavy atom. The number of nitrogens with zero attached hydrogens (tertiary/aromatic N) is 2. The van der Waals surface area contributed by atoms with Crippen molar-refractivity contribution in [3.05, 3.63) is 27.4 Å². The van der Waals surface area contributed by atoms with E-state index in [1.807, 2.05) is 0 Å². The lowest BCUT2D eigenvalue weighted by Gasteiger charge is -1.97. The third-order valence-electron chi connectivity index (χ3n) is 1.35. The fourth-order valence-electron chi connectivity index (χ4n) is 0.849. The van der Waals surface area contributed by atoms with Gasteiger partial charge in [-0.05, 0) is 6.08 Å². The van der Waals surface area contributed by atoms with E-state index in [2.05, 4.69) is 15.1 Å². The first-order valence-electron chi connectivity index (χ1n) is 3.12. The summed E-state index contributed by atoms with van der Waals surface area (Å²) >= 11 is 0. The van der Waals surface area contributed by atoms with Crippen LogP contribution >= 0.6 is 0 Å². The Kier molecular flexibility index (Phi) is 1.21. The molecule has 1 aromatic heterocycles. The van der Waals surface area contributed by atoms with Gasteiger partial charge in [0.05, 0.1) is 0 Å². The van der Waals surface area contributed by atoms with Crippen molar-refractivity contribution >= 4 is 6.08 Å². The van der Waals surface area contributed by atoms with E-state index in [9.17, 15) is 4.79 Å². The lowest BCUT2D eigenvalue weighted by Crippen LogP contribution is -2.38. The number of rotatable bonds is 0. The molecule has 0 amide bonds. The van der Waals surface area contributed by atoms with E-state index >= 15 is 0 Å². The van der Waals surface area contributed by atoms with Gasteiger partial charge >= 0.3 is 5.69 Å². The molecule has 1 aliphatic rings. The molecule has 0 saturated carbocycles. The smallest absolute Gasteiger partial charge is 0.346 e. The van der Waals surface area contributed by atoms with Crippen LogP contribution in [0.4, 0.5) is 0 Å². The number of hydrogen-bond acceptors (Lipinski definition) is 4. The molecule has 2 rings (SSSR count). The van der Waals surface area contributed by atoms with Crippen molar-refractivity contribution in [2.45, 2.75) is 0 Å². The Hall–Kier alpha value is -1.65. The molecule has 0 aliphatic carbocycles. The van der Waals surface area contributed by atoms with E-state index in [0.29, 0.717) is 12.1 Å². The molecule has 1 aromatic rings. The van der Waals surface area contributed by atoms with E-state index in [1.165, 1.54) is 6.20 Å². The van der Waals surface area contributed by atoms with Crippen molar-refractivity contribution < 1.29 is 4.84 Å². The molecule has 1 N–H and O–H groups in total. The Bertz CT molecular complexity index is 434. The van der Waals surface area contributed by atoms with Crippen LogP contribution in [-0.4, -0.2) is 16.6 Å². The molecule has 0 spiro atoms. The number of aromatic nitrogens is 2. The lowest BCUT2D eigenvalue weighted by molar-refractivity contribution is 0.163. The van der Waals surface area contributed by atoms with Crippen LogP contribution < -0.4 is 16.4 Å². The minimum absolute atomic E-state index is 0.411. The minimum atomic E-state index is -0.411. The van der Waals surface area contributed by atoms with Crippen molar-refractivity contribution in [2.24, 2.45) is 5.16 Å². The third-order valence-corrected chi connectivity index (χ3v) is 1.35. The summed E-state index contributed by atoms with van der Waals surface area (Å²) < 4.78 is 0. The molecule has 0 aromatic carbocycles. The molecule has 0 unspecified atom stereocenters. The molecule has 0 radical (unpaired) electrons. The Morgan fingerprint density at radius 1 is 1.64 bits per heavy atom. The van der Waals surface area contributed by atoms with Gasteiger partial charge in [0, 0.05) is 11.4 Å². The largest absolute Gasteiger partial charge is 0.390 e. The zero-order valence-electron chi connectivity index (χ0n) is 5.57. The average Bonchev–Trinajstić information content (AvgIpc) is 2.04. The molecule has 56 valence electrons. The van der Waals surface area contributed by atoms with E-state index < -0.39 is 5.69 Å². The molecule has 5 nitrogen and oxygen atoms in total. The fourth-order valence-corrected chi connectivity index (χ4v) is 0.849. The van der Waals surface area contributed by atoms with Gasteiger partial charge in [0.25, 0.3) is 0 Å². The zero-order valence-corrected chi connectivity index (χ0v) is 5.57. The van der Waals surface area contributed by atoms with E-state index in [0.717, 1.165) is 5.22 Å². The maximum Gasteiger partial charge on any atom is 0.346 e. The topological polar surface area (TPSA) is 67.3 Å². The summed E-state index contributed by atoms with van der Waals surface area (Å²) in [6.45, 7) is 0.431. The predicted molar refractivity (Wildman–Crippen MR) is 36.1 cm³/mol. The van der Waals surface area contributed by atoms with Crippen LogP contribution in [0.1, 0.15) is 0 Å². The molecule has 11 heavy (non-hydrogen) atoms. The third kappa shape index (κ3) is 1.000. The van der Waals surface area contributed by atoms with Crippen LogP contribution in [0.3, 0.4) is 0 Å². The maximum absolute atomic E-state index is 10.6. The molecule has 5 heteroatoms. The summed E-state index contributed by atoms with van der Waals surface area (Å²) in [5.41, 5.74) is 0.0302. The van der Waals surface area contributed by atoms with E-state index in [4.69, 9.17) is 4.84 Å². The minimum Gasteiger partial charge on any atom is -0.390 e. The van der Waals surface area contributed by atoms with Crippen LogP contribution in [0.2, 0.25) is 0 Å². The zero-order chi connectivity index (χ0) is 7.68. The van der Waals surface area contributed by atoms with Gasteiger partial charge in [-0.25, -0.2) is 9.78 Å². The standard InChI is InChI=1S/C6H5N3O2/c10-6-7-3-4-1-2-11-9-5(4)8-6/h1,3H,2H2,(H,8,9,10). The van der Waals surface area contributed by atoms with Crippen LogP contribution in [-0.2, 0) is 4.84 Å². The molecular weight excluding hydrogens is 146 g/mol. The van der Waals surface area contributed by atoms with E-state index in [-0.39, 0.29) is 0 Å². The van der Waals surface area contributed by atoms with Crippen LogP contribution in [0.5, 0.6) is 0 Å². The molecule has 0 fully saturated rings. The second kappa shape index (κ2) is 2.19. The highest BCUT2D eigenvalue weighted by Gasteiger charge is 1.94. The molecule has 0 saturated heterocycles. The van der Waals surface area contributed by atoms with Gasteiger partial charge in [0.2, 0.25) is 0 Å². The van der Waals surface area contributed by atoms with Crippen molar-refractivity contribution in [3.8, 4) is 0 Å². The summed E-state index contributed by atoms with van der Waals surface area (Å²) in [5.74, 6) is 0. The van der Waals surface area contributed by atoms with Crippen molar-refractivity contribution in [1.29, 1.82) is 0 Å². The van der Waals surface area contributed by atoms with Gasteiger partial charge in [0.15, 0.2) is 5.49 Å². The van der Waals surface area contributed by atoms with Gasteiger partial charge < -0.3 is 4.84 Å². The van der Waals surface area contributed by atoms with Gasteiger partial charge in [-0.3, -0.25) is 4.98 Å². The highest BCUT2D eigenvalue weighted by atomic mass is 16.6. The van der Waals surface area contributed by atoms with Crippen molar-refractivity contribution in [2.75, 3.05) is 6.61 Å². The first-order valence-corrected chi connectivity index (χ1v) is 3.12. The maximum atomic E-state index is 10.6. The summed E-state index contributed by atoms with van der Waals surface area (Å²) in [4.78, 5) is 21.3. The fraction of sp³-hybridized carbons (Fsp3) is 0.167. The first-order chi connectivity index (χ1) is 5.36. The van der Waals surface area contributed by atoms with Crippen LogP contribution in [0.25, 0.3) is 6.08 Å². The average molecular weight is 151 g/mol. The number of fused-ring (bicyclic) bond motifs is 1.